The van der Waals surface area contributed by atoms with Gasteiger partial charge in [-0.15, -0.1) is 0 Å². The molecule has 142 valence electrons. The van der Waals surface area contributed by atoms with Gasteiger partial charge in [0, 0.05) is 5.56 Å². The zero-order valence-corrected chi connectivity index (χ0v) is 15.3. The van der Waals surface area contributed by atoms with E-state index in [1.54, 1.807) is 31.4 Å². The van der Waals surface area contributed by atoms with Gasteiger partial charge in [-0.2, -0.15) is 5.10 Å². The molecule has 3 aromatic rings. The lowest BCUT2D eigenvalue weighted by Crippen LogP contribution is -2.40. The molecule has 0 unspecified atom stereocenters. The van der Waals surface area contributed by atoms with Crippen molar-refractivity contribution >= 4 is 12.1 Å². The Morgan fingerprint density at radius 2 is 1.39 bits per heavy atom. The number of para-hydroxylation sites is 3. The number of nitrogens with zero attached hydrogens (tertiary/aromatic N) is 1. The molecule has 3 aromatic carbocycles. The quantitative estimate of drug-likeness (QED) is 0.370. The van der Waals surface area contributed by atoms with Gasteiger partial charge in [0.1, 0.15) is 17.2 Å². The summed E-state index contributed by atoms with van der Waals surface area (Å²) in [5, 5.41) is 3.99. The number of carbonyl (C=O) groups excluding carboxylic acids is 1. The van der Waals surface area contributed by atoms with E-state index in [0.29, 0.717) is 17.2 Å². The van der Waals surface area contributed by atoms with Crippen LogP contribution >= 0.6 is 0 Å². The van der Waals surface area contributed by atoms with Gasteiger partial charge in [-0.3, -0.25) is 4.79 Å². The number of rotatable bonds is 8. The Morgan fingerprint density at radius 3 is 1.96 bits per heavy atom. The van der Waals surface area contributed by atoms with Gasteiger partial charge in [-0.1, -0.05) is 48.5 Å². The molecule has 0 heterocycles. The lowest BCUT2D eigenvalue weighted by Gasteiger charge is -2.18. The summed E-state index contributed by atoms with van der Waals surface area (Å²) in [4.78, 5) is 12.6. The van der Waals surface area contributed by atoms with Crippen molar-refractivity contribution in [1.29, 1.82) is 0 Å². The van der Waals surface area contributed by atoms with Crippen LogP contribution in [0.2, 0.25) is 0 Å². The summed E-state index contributed by atoms with van der Waals surface area (Å²) in [7, 11) is 1.57. The fraction of sp³-hybridized carbons (Fsp3) is 0.0909. The minimum absolute atomic E-state index is 0.507. The van der Waals surface area contributed by atoms with Crippen LogP contribution in [0.25, 0.3) is 0 Å². The van der Waals surface area contributed by atoms with Crippen LogP contribution in [0.1, 0.15) is 5.56 Å². The lowest BCUT2D eigenvalue weighted by atomic mass is 10.2. The second-order valence-corrected chi connectivity index (χ2v) is 5.67. The molecule has 28 heavy (non-hydrogen) atoms. The summed E-state index contributed by atoms with van der Waals surface area (Å²) in [6.07, 6.45) is 0.290. The van der Waals surface area contributed by atoms with Crippen molar-refractivity contribution in [1.82, 2.24) is 5.43 Å². The fourth-order valence-electron chi connectivity index (χ4n) is 2.37. The van der Waals surface area contributed by atoms with Crippen LogP contribution in [-0.2, 0) is 4.79 Å². The topological polar surface area (TPSA) is 69.2 Å². The van der Waals surface area contributed by atoms with Crippen LogP contribution in [0.15, 0.2) is 90.0 Å². The van der Waals surface area contributed by atoms with Crippen LogP contribution in [0.4, 0.5) is 0 Å². The standard InChI is InChI=1S/C22H20N2O4/c1-26-20-15-9-8-10-17(20)16-23-24-21(25)22(27-18-11-4-2-5-12-18)28-19-13-6-3-7-14-19/h2-16,22H,1H3,(H,24,25). The van der Waals surface area contributed by atoms with Gasteiger partial charge in [0.05, 0.1) is 13.3 Å². The number of hydrogen-bond donors (Lipinski definition) is 1. The van der Waals surface area contributed by atoms with Crippen molar-refractivity contribution in [2.75, 3.05) is 7.11 Å². The largest absolute Gasteiger partial charge is 0.496 e. The number of nitrogens with one attached hydrogen (secondary N) is 1. The molecular weight excluding hydrogens is 356 g/mol. The van der Waals surface area contributed by atoms with Crippen LogP contribution in [-0.4, -0.2) is 25.5 Å². The number of benzene rings is 3. The van der Waals surface area contributed by atoms with Crippen LogP contribution < -0.4 is 19.6 Å². The molecule has 0 aliphatic carbocycles. The molecule has 0 saturated heterocycles. The zero-order valence-electron chi connectivity index (χ0n) is 15.3. The molecule has 0 aliphatic rings. The van der Waals surface area contributed by atoms with Gasteiger partial charge in [0.25, 0.3) is 0 Å². The predicted octanol–water partition coefficient (Wildman–Crippen LogP) is 3.63. The van der Waals surface area contributed by atoms with Crippen LogP contribution in [0.5, 0.6) is 17.2 Å². The maximum absolute atomic E-state index is 12.6. The van der Waals surface area contributed by atoms with Gasteiger partial charge in [0.15, 0.2) is 0 Å². The average molecular weight is 376 g/mol. The molecule has 0 aliphatic heterocycles. The Hall–Kier alpha value is -3.80. The molecule has 0 spiro atoms. The van der Waals surface area contributed by atoms with E-state index in [9.17, 15) is 4.79 Å². The first kappa shape index (κ1) is 19.0. The lowest BCUT2D eigenvalue weighted by molar-refractivity contribution is -0.140. The Labute approximate surface area is 163 Å². The van der Waals surface area contributed by atoms with Gasteiger partial charge in [-0.05, 0) is 36.4 Å². The smallest absolute Gasteiger partial charge is 0.323 e. The normalized spacial score (nSPS) is 10.6. The molecular formula is C22H20N2O4. The summed E-state index contributed by atoms with van der Waals surface area (Å²) >= 11 is 0. The van der Waals surface area contributed by atoms with Gasteiger partial charge in [0.2, 0.25) is 0 Å². The van der Waals surface area contributed by atoms with Gasteiger partial charge < -0.3 is 14.2 Å². The van der Waals surface area contributed by atoms with E-state index in [0.717, 1.165) is 5.56 Å². The Morgan fingerprint density at radius 1 is 0.857 bits per heavy atom. The first-order valence-electron chi connectivity index (χ1n) is 8.65. The Balaban J connectivity index is 1.71. The summed E-state index contributed by atoms with van der Waals surface area (Å²) in [6, 6.07) is 25.3. The molecule has 0 fully saturated rings. The monoisotopic (exact) mass is 376 g/mol. The van der Waals surface area contributed by atoms with E-state index in [1.807, 2.05) is 60.7 Å². The second-order valence-electron chi connectivity index (χ2n) is 5.67. The number of hydrazone groups is 1. The molecule has 1 amide bonds. The van der Waals surface area contributed by atoms with Crippen LogP contribution in [0.3, 0.4) is 0 Å². The van der Waals surface area contributed by atoms with Crippen LogP contribution in [0, 0.1) is 0 Å². The van der Waals surface area contributed by atoms with Crippen molar-refractivity contribution in [3.63, 3.8) is 0 Å². The van der Waals surface area contributed by atoms with E-state index in [1.165, 1.54) is 6.21 Å². The van der Waals surface area contributed by atoms with Crippen molar-refractivity contribution in [2.45, 2.75) is 6.29 Å². The number of amides is 1. The maximum Gasteiger partial charge on any atom is 0.323 e. The highest BCUT2D eigenvalue weighted by Gasteiger charge is 2.22. The predicted molar refractivity (Wildman–Crippen MR) is 107 cm³/mol. The highest BCUT2D eigenvalue weighted by Crippen LogP contribution is 2.16. The molecule has 0 saturated carbocycles. The molecule has 0 atom stereocenters. The van der Waals surface area contributed by atoms with Gasteiger partial charge >= 0.3 is 12.2 Å². The third kappa shape index (κ3) is 5.35. The first-order chi connectivity index (χ1) is 13.8. The van der Waals surface area contributed by atoms with E-state index >= 15 is 0 Å². The third-order valence-corrected chi connectivity index (χ3v) is 3.70. The highest BCUT2D eigenvalue weighted by molar-refractivity contribution is 5.86. The van der Waals surface area contributed by atoms with Gasteiger partial charge in [-0.25, -0.2) is 5.43 Å². The molecule has 6 nitrogen and oxygen atoms in total. The summed E-state index contributed by atoms with van der Waals surface area (Å²) < 4.78 is 16.6. The second kappa shape index (κ2) is 9.78. The third-order valence-electron chi connectivity index (χ3n) is 3.70. The van der Waals surface area contributed by atoms with Crippen molar-refractivity contribution < 1.29 is 19.0 Å². The van der Waals surface area contributed by atoms with Crippen molar-refractivity contribution in [3.8, 4) is 17.2 Å². The Bertz CT molecular complexity index is 873. The molecule has 3 rings (SSSR count). The fourth-order valence-corrected chi connectivity index (χ4v) is 2.37. The Kier molecular flexibility index (Phi) is 6.62. The first-order valence-corrected chi connectivity index (χ1v) is 8.65. The molecule has 1 N–H and O–H groups in total. The van der Waals surface area contributed by atoms with Crippen molar-refractivity contribution in [2.24, 2.45) is 5.10 Å². The molecule has 0 aromatic heterocycles. The molecule has 6 heteroatoms. The van der Waals surface area contributed by atoms with E-state index < -0.39 is 12.2 Å². The summed E-state index contributed by atoms with van der Waals surface area (Å²) in [5.41, 5.74) is 3.18. The minimum atomic E-state index is -1.21. The number of methoxy groups -OCH3 is 1. The van der Waals surface area contributed by atoms with Crippen molar-refractivity contribution in [3.05, 3.63) is 90.5 Å². The summed E-state index contributed by atoms with van der Waals surface area (Å²) in [5.74, 6) is 1.12. The maximum atomic E-state index is 12.6. The van der Waals surface area contributed by atoms with E-state index in [2.05, 4.69) is 10.5 Å². The zero-order chi connectivity index (χ0) is 19.6. The average Bonchev–Trinajstić information content (AvgIpc) is 2.75. The highest BCUT2D eigenvalue weighted by atomic mass is 16.7. The molecule has 0 bridgehead atoms. The minimum Gasteiger partial charge on any atom is -0.496 e. The molecule has 0 radical (unpaired) electrons. The SMILES string of the molecule is COc1ccccc1C=NNC(=O)C(Oc1ccccc1)Oc1ccccc1. The number of hydrogen-bond acceptors (Lipinski definition) is 5. The van der Waals surface area contributed by atoms with E-state index in [4.69, 9.17) is 14.2 Å². The summed E-state index contributed by atoms with van der Waals surface area (Å²) in [6.45, 7) is 0. The van der Waals surface area contributed by atoms with E-state index in [-0.39, 0.29) is 0 Å². The number of carbonyl (C=O) groups is 1. The number of ether oxygens (including phenoxy) is 3.